The molecule has 0 spiro atoms. The van der Waals surface area contributed by atoms with Crippen molar-refractivity contribution in [3.05, 3.63) is 23.9 Å². The van der Waals surface area contributed by atoms with Crippen LogP contribution >= 0.6 is 0 Å². The van der Waals surface area contributed by atoms with E-state index in [0.29, 0.717) is 24.5 Å². The lowest BCUT2D eigenvalue weighted by Crippen LogP contribution is -2.58. The quantitative estimate of drug-likeness (QED) is 0.663. The lowest BCUT2D eigenvalue weighted by molar-refractivity contribution is -0.123. The SMILES string of the molecule is O=C1CC2C(=O)NCCN2c2ncccc21. The zero-order valence-electron chi connectivity index (χ0n) is 8.64. The standard InChI is InChI=1S/C11H11N3O2/c15-9-6-8-11(16)13-4-5-14(8)10-7(9)2-1-3-12-10/h1-3,8H,4-6H2,(H,13,16). The number of pyridine rings is 1. The molecule has 1 atom stereocenters. The van der Waals surface area contributed by atoms with E-state index in [0.717, 1.165) is 0 Å². The van der Waals surface area contributed by atoms with Gasteiger partial charge in [0.05, 0.1) is 5.56 Å². The van der Waals surface area contributed by atoms with Crippen LogP contribution in [-0.4, -0.2) is 35.8 Å². The number of hydrogen-bond acceptors (Lipinski definition) is 4. The molecule has 1 aromatic heterocycles. The van der Waals surface area contributed by atoms with Crippen molar-refractivity contribution >= 4 is 17.5 Å². The fraction of sp³-hybridized carbons (Fsp3) is 0.364. The van der Waals surface area contributed by atoms with Crippen LogP contribution in [0.5, 0.6) is 0 Å². The molecule has 1 aromatic rings. The Morgan fingerprint density at radius 3 is 3.19 bits per heavy atom. The number of carbonyl (C=O) groups excluding carboxylic acids is 2. The molecule has 0 aliphatic carbocycles. The van der Waals surface area contributed by atoms with E-state index in [9.17, 15) is 9.59 Å². The highest BCUT2D eigenvalue weighted by Crippen LogP contribution is 2.29. The Labute approximate surface area is 92.5 Å². The highest BCUT2D eigenvalue weighted by atomic mass is 16.2. The predicted molar refractivity (Wildman–Crippen MR) is 57.3 cm³/mol. The second-order valence-corrected chi connectivity index (χ2v) is 4.00. The molecule has 82 valence electrons. The molecule has 1 fully saturated rings. The van der Waals surface area contributed by atoms with Gasteiger partial charge in [-0.1, -0.05) is 0 Å². The molecule has 0 bridgehead atoms. The fourth-order valence-electron chi connectivity index (χ4n) is 2.30. The predicted octanol–water partition coefficient (Wildman–Crippen LogP) is -0.0272. The van der Waals surface area contributed by atoms with Crippen LogP contribution in [0.2, 0.25) is 0 Å². The second-order valence-electron chi connectivity index (χ2n) is 4.00. The zero-order valence-corrected chi connectivity index (χ0v) is 8.64. The Morgan fingerprint density at radius 1 is 1.44 bits per heavy atom. The van der Waals surface area contributed by atoms with E-state index in [4.69, 9.17) is 0 Å². The summed E-state index contributed by atoms with van der Waals surface area (Å²) < 4.78 is 0. The first kappa shape index (κ1) is 9.33. The Kier molecular flexibility index (Phi) is 1.92. The van der Waals surface area contributed by atoms with Crippen LogP contribution in [0.25, 0.3) is 0 Å². The van der Waals surface area contributed by atoms with Crippen LogP contribution in [0, 0.1) is 0 Å². The molecule has 0 aromatic carbocycles. The highest BCUT2D eigenvalue weighted by molar-refractivity contribution is 6.07. The summed E-state index contributed by atoms with van der Waals surface area (Å²) >= 11 is 0. The monoisotopic (exact) mass is 217 g/mol. The molecule has 1 saturated heterocycles. The first-order valence-electron chi connectivity index (χ1n) is 5.30. The molecule has 0 radical (unpaired) electrons. The van der Waals surface area contributed by atoms with Crippen LogP contribution in [-0.2, 0) is 4.79 Å². The molecule has 1 unspecified atom stereocenters. The summed E-state index contributed by atoms with van der Waals surface area (Å²) in [6.45, 7) is 1.33. The minimum atomic E-state index is -0.372. The summed E-state index contributed by atoms with van der Waals surface area (Å²) in [5.74, 6) is 0.580. The van der Waals surface area contributed by atoms with E-state index >= 15 is 0 Å². The Balaban J connectivity index is 2.10. The van der Waals surface area contributed by atoms with Gasteiger partial charge in [0, 0.05) is 25.7 Å². The molecule has 2 aliphatic heterocycles. The number of Topliss-reactive ketones (excluding diaryl/α,β-unsaturated/α-hetero) is 1. The van der Waals surface area contributed by atoms with Gasteiger partial charge in [-0.2, -0.15) is 0 Å². The largest absolute Gasteiger partial charge is 0.353 e. The van der Waals surface area contributed by atoms with E-state index in [1.165, 1.54) is 0 Å². The van der Waals surface area contributed by atoms with Gasteiger partial charge in [-0.25, -0.2) is 4.98 Å². The molecule has 2 aliphatic rings. The van der Waals surface area contributed by atoms with Crippen molar-refractivity contribution in [2.45, 2.75) is 12.5 Å². The number of nitrogens with one attached hydrogen (secondary N) is 1. The summed E-state index contributed by atoms with van der Waals surface area (Å²) in [6, 6.07) is 3.15. The van der Waals surface area contributed by atoms with Gasteiger partial charge in [0.2, 0.25) is 5.91 Å². The van der Waals surface area contributed by atoms with Crippen molar-refractivity contribution < 1.29 is 9.59 Å². The van der Waals surface area contributed by atoms with Crippen LogP contribution in [0.1, 0.15) is 16.8 Å². The summed E-state index contributed by atoms with van der Waals surface area (Å²) in [5, 5.41) is 2.77. The number of hydrogen-bond donors (Lipinski definition) is 1. The van der Waals surface area contributed by atoms with Crippen LogP contribution in [0.15, 0.2) is 18.3 Å². The first-order valence-corrected chi connectivity index (χ1v) is 5.30. The number of nitrogens with zero attached hydrogens (tertiary/aromatic N) is 2. The fourth-order valence-corrected chi connectivity index (χ4v) is 2.30. The summed E-state index contributed by atoms with van der Waals surface area (Å²) in [5.41, 5.74) is 0.633. The topological polar surface area (TPSA) is 62.3 Å². The first-order chi connectivity index (χ1) is 7.77. The number of amides is 1. The summed E-state index contributed by atoms with van der Waals surface area (Å²) in [7, 11) is 0. The van der Waals surface area contributed by atoms with Gasteiger partial charge in [-0.3, -0.25) is 9.59 Å². The van der Waals surface area contributed by atoms with Crippen LogP contribution < -0.4 is 10.2 Å². The molecular weight excluding hydrogens is 206 g/mol. The van der Waals surface area contributed by atoms with Gasteiger partial charge >= 0.3 is 0 Å². The number of ketones is 1. The van der Waals surface area contributed by atoms with Crippen LogP contribution in [0.3, 0.4) is 0 Å². The van der Waals surface area contributed by atoms with Gasteiger partial charge in [0.15, 0.2) is 5.78 Å². The van der Waals surface area contributed by atoms with Crippen molar-refractivity contribution in [2.24, 2.45) is 0 Å². The normalized spacial score (nSPS) is 23.5. The number of aromatic nitrogens is 1. The lowest BCUT2D eigenvalue weighted by atomic mass is 9.95. The van der Waals surface area contributed by atoms with Gasteiger partial charge in [-0.15, -0.1) is 0 Å². The van der Waals surface area contributed by atoms with Crippen molar-refractivity contribution in [3.63, 3.8) is 0 Å². The molecular formula is C11H11N3O2. The second kappa shape index (κ2) is 3.30. The van der Waals surface area contributed by atoms with Crippen molar-refractivity contribution in [1.82, 2.24) is 10.3 Å². The minimum Gasteiger partial charge on any atom is -0.353 e. The Hall–Kier alpha value is -1.91. The summed E-state index contributed by atoms with van der Waals surface area (Å²) in [4.78, 5) is 29.6. The molecule has 0 saturated carbocycles. The maximum Gasteiger partial charge on any atom is 0.243 e. The molecule has 3 rings (SSSR count). The molecule has 5 nitrogen and oxygen atoms in total. The maximum atomic E-state index is 11.8. The average Bonchev–Trinajstić information content (AvgIpc) is 2.31. The molecule has 16 heavy (non-hydrogen) atoms. The van der Waals surface area contributed by atoms with Crippen molar-refractivity contribution in [1.29, 1.82) is 0 Å². The average molecular weight is 217 g/mol. The van der Waals surface area contributed by atoms with E-state index in [-0.39, 0.29) is 24.2 Å². The van der Waals surface area contributed by atoms with E-state index < -0.39 is 0 Å². The Bertz CT molecular complexity index is 472. The smallest absolute Gasteiger partial charge is 0.243 e. The third kappa shape index (κ3) is 1.21. The third-order valence-electron chi connectivity index (χ3n) is 3.07. The number of anilines is 1. The minimum absolute atomic E-state index is 0.00130. The molecule has 3 heterocycles. The number of fused-ring (bicyclic) bond motifs is 3. The van der Waals surface area contributed by atoms with E-state index in [1.807, 2.05) is 4.90 Å². The number of carbonyl (C=O) groups is 2. The molecule has 1 amide bonds. The third-order valence-corrected chi connectivity index (χ3v) is 3.07. The van der Waals surface area contributed by atoms with E-state index in [1.54, 1.807) is 18.3 Å². The van der Waals surface area contributed by atoms with Gasteiger partial charge in [-0.05, 0) is 12.1 Å². The maximum absolute atomic E-state index is 11.8. The zero-order chi connectivity index (χ0) is 11.1. The lowest BCUT2D eigenvalue weighted by Gasteiger charge is -2.39. The van der Waals surface area contributed by atoms with Crippen molar-refractivity contribution in [3.8, 4) is 0 Å². The highest BCUT2D eigenvalue weighted by Gasteiger charge is 2.38. The number of rotatable bonds is 0. The molecule has 1 N–H and O–H groups in total. The van der Waals surface area contributed by atoms with Gasteiger partial charge in [0.1, 0.15) is 11.9 Å². The van der Waals surface area contributed by atoms with Crippen LogP contribution in [0.4, 0.5) is 5.82 Å². The van der Waals surface area contributed by atoms with E-state index in [2.05, 4.69) is 10.3 Å². The van der Waals surface area contributed by atoms with Crippen molar-refractivity contribution in [2.75, 3.05) is 18.0 Å². The summed E-state index contributed by atoms with van der Waals surface area (Å²) in [6.07, 6.45) is 1.91. The number of piperazine rings is 1. The van der Waals surface area contributed by atoms with Gasteiger partial charge in [0.25, 0.3) is 0 Å². The Morgan fingerprint density at radius 2 is 2.31 bits per heavy atom. The van der Waals surface area contributed by atoms with Gasteiger partial charge < -0.3 is 10.2 Å². The molecule has 5 heteroatoms.